The summed E-state index contributed by atoms with van der Waals surface area (Å²) in [5, 5.41) is 15.0. The molecule has 0 spiro atoms. The molecule has 0 radical (unpaired) electrons. The molecule has 0 saturated carbocycles. The topological polar surface area (TPSA) is 80.9 Å². The fraction of sp³-hybridized carbons (Fsp3) is 0. The SMILES string of the molecule is O=C(Nc1nnc(Br)s1)c1onc2ccccc12. The third kappa shape index (κ3) is 2.00. The molecule has 1 amide bonds. The van der Waals surface area contributed by atoms with Crippen molar-refractivity contribution in [2.24, 2.45) is 0 Å². The van der Waals surface area contributed by atoms with E-state index in [4.69, 9.17) is 4.52 Å². The van der Waals surface area contributed by atoms with Crippen LogP contribution >= 0.6 is 27.3 Å². The quantitative estimate of drug-likeness (QED) is 0.783. The highest BCUT2D eigenvalue weighted by Crippen LogP contribution is 2.22. The zero-order valence-corrected chi connectivity index (χ0v) is 11.2. The average Bonchev–Trinajstić information content (AvgIpc) is 2.95. The Morgan fingerprint density at radius 2 is 2.17 bits per heavy atom. The number of nitrogens with one attached hydrogen (secondary N) is 1. The van der Waals surface area contributed by atoms with Gasteiger partial charge in [0.2, 0.25) is 10.9 Å². The molecular formula is C10H5BrN4O2S. The number of carbonyl (C=O) groups is 1. The Labute approximate surface area is 113 Å². The van der Waals surface area contributed by atoms with Crippen molar-refractivity contribution in [1.82, 2.24) is 15.4 Å². The standard InChI is InChI=1S/C10H5BrN4O2S/c11-9-13-14-10(18-9)12-8(16)7-5-3-1-2-4-6(5)15-17-7/h1-4H,(H,12,14,16). The predicted octanol–water partition coefficient (Wildman–Crippen LogP) is 2.69. The molecule has 6 nitrogen and oxygen atoms in total. The van der Waals surface area contributed by atoms with Crippen LogP contribution in [0, 0.1) is 0 Å². The predicted molar refractivity (Wildman–Crippen MR) is 69.6 cm³/mol. The number of amides is 1. The molecule has 0 atom stereocenters. The maximum absolute atomic E-state index is 12.0. The molecule has 90 valence electrons. The van der Waals surface area contributed by atoms with Crippen molar-refractivity contribution in [3.05, 3.63) is 33.9 Å². The first-order valence-electron chi connectivity index (χ1n) is 4.89. The van der Waals surface area contributed by atoms with Gasteiger partial charge in [-0.05, 0) is 28.1 Å². The van der Waals surface area contributed by atoms with E-state index < -0.39 is 5.91 Å². The maximum atomic E-state index is 12.0. The van der Waals surface area contributed by atoms with Gasteiger partial charge in [-0.1, -0.05) is 28.6 Å². The molecule has 1 N–H and O–H groups in total. The van der Waals surface area contributed by atoms with Gasteiger partial charge in [-0.3, -0.25) is 10.1 Å². The van der Waals surface area contributed by atoms with E-state index in [9.17, 15) is 4.79 Å². The first kappa shape index (κ1) is 11.3. The zero-order valence-electron chi connectivity index (χ0n) is 8.75. The Kier molecular flexibility index (Phi) is 2.80. The molecule has 0 saturated heterocycles. The van der Waals surface area contributed by atoms with Gasteiger partial charge in [0.1, 0.15) is 5.52 Å². The number of hydrogen-bond acceptors (Lipinski definition) is 6. The van der Waals surface area contributed by atoms with Gasteiger partial charge < -0.3 is 4.52 Å². The lowest BCUT2D eigenvalue weighted by molar-refractivity contribution is 0.0990. The summed E-state index contributed by atoms with van der Waals surface area (Å²) in [6, 6.07) is 7.19. The lowest BCUT2D eigenvalue weighted by atomic mass is 10.2. The van der Waals surface area contributed by atoms with E-state index in [0.717, 1.165) is 0 Å². The van der Waals surface area contributed by atoms with Crippen LogP contribution in [0.25, 0.3) is 10.9 Å². The smallest absolute Gasteiger partial charge is 0.296 e. The van der Waals surface area contributed by atoms with E-state index in [2.05, 4.69) is 36.6 Å². The van der Waals surface area contributed by atoms with E-state index >= 15 is 0 Å². The minimum Gasteiger partial charge on any atom is -0.350 e. The fourth-order valence-corrected chi connectivity index (χ4v) is 2.47. The Morgan fingerprint density at radius 3 is 2.94 bits per heavy atom. The van der Waals surface area contributed by atoms with Crippen molar-refractivity contribution in [1.29, 1.82) is 0 Å². The van der Waals surface area contributed by atoms with Crippen LogP contribution in [0.15, 0.2) is 32.7 Å². The van der Waals surface area contributed by atoms with Crippen molar-refractivity contribution in [3.8, 4) is 0 Å². The highest BCUT2D eigenvalue weighted by Gasteiger charge is 2.17. The number of carbonyl (C=O) groups excluding carboxylic acids is 1. The second-order valence-corrected chi connectivity index (χ2v) is 5.60. The monoisotopic (exact) mass is 324 g/mol. The van der Waals surface area contributed by atoms with Gasteiger partial charge in [0.05, 0.1) is 5.39 Å². The van der Waals surface area contributed by atoms with Crippen LogP contribution in [0.2, 0.25) is 0 Å². The maximum Gasteiger partial charge on any atom is 0.296 e. The molecule has 0 unspecified atom stereocenters. The van der Waals surface area contributed by atoms with Crippen LogP contribution in [-0.2, 0) is 0 Å². The molecule has 2 aromatic heterocycles. The third-order valence-corrected chi connectivity index (χ3v) is 3.48. The van der Waals surface area contributed by atoms with E-state index in [1.807, 2.05) is 12.1 Å². The summed E-state index contributed by atoms with van der Waals surface area (Å²) in [5.74, 6) is -0.232. The number of benzene rings is 1. The number of halogens is 1. The van der Waals surface area contributed by atoms with Crippen LogP contribution in [0.3, 0.4) is 0 Å². The molecule has 0 aliphatic rings. The molecule has 18 heavy (non-hydrogen) atoms. The van der Waals surface area contributed by atoms with E-state index in [-0.39, 0.29) is 5.76 Å². The number of hydrogen-bond donors (Lipinski definition) is 1. The molecular weight excluding hydrogens is 320 g/mol. The summed E-state index contributed by atoms with van der Waals surface area (Å²) >= 11 is 4.39. The molecule has 2 heterocycles. The van der Waals surface area contributed by atoms with Crippen LogP contribution in [0.4, 0.5) is 5.13 Å². The van der Waals surface area contributed by atoms with E-state index in [0.29, 0.717) is 20.0 Å². The van der Waals surface area contributed by atoms with Gasteiger partial charge in [-0.2, -0.15) is 0 Å². The molecule has 0 fully saturated rings. The van der Waals surface area contributed by atoms with Crippen molar-refractivity contribution in [3.63, 3.8) is 0 Å². The van der Waals surface area contributed by atoms with Crippen molar-refractivity contribution >= 4 is 49.2 Å². The third-order valence-electron chi connectivity index (χ3n) is 2.21. The average molecular weight is 325 g/mol. The highest BCUT2D eigenvalue weighted by atomic mass is 79.9. The van der Waals surface area contributed by atoms with Crippen LogP contribution in [0.1, 0.15) is 10.6 Å². The first-order valence-corrected chi connectivity index (χ1v) is 6.50. The minimum atomic E-state index is -0.396. The minimum absolute atomic E-state index is 0.164. The molecule has 1 aromatic carbocycles. The molecule has 0 bridgehead atoms. The summed E-state index contributed by atoms with van der Waals surface area (Å²) in [4.78, 5) is 12.0. The van der Waals surface area contributed by atoms with Gasteiger partial charge in [0, 0.05) is 0 Å². The van der Waals surface area contributed by atoms with Crippen LogP contribution < -0.4 is 5.32 Å². The first-order chi connectivity index (χ1) is 8.74. The normalized spacial score (nSPS) is 10.7. The summed E-state index contributed by atoms with van der Waals surface area (Å²) in [7, 11) is 0. The Balaban J connectivity index is 1.92. The van der Waals surface area contributed by atoms with Crippen molar-refractivity contribution in [2.75, 3.05) is 5.32 Å². The number of fused-ring (bicyclic) bond motifs is 1. The molecule has 8 heteroatoms. The zero-order chi connectivity index (χ0) is 12.5. The fourth-order valence-electron chi connectivity index (χ4n) is 1.46. The Hall–Kier alpha value is -1.80. The van der Waals surface area contributed by atoms with Crippen LogP contribution in [-0.4, -0.2) is 21.3 Å². The van der Waals surface area contributed by atoms with Gasteiger partial charge >= 0.3 is 0 Å². The lowest BCUT2D eigenvalue weighted by Crippen LogP contribution is -2.11. The molecule has 0 aliphatic carbocycles. The summed E-state index contributed by atoms with van der Waals surface area (Å²) in [5.41, 5.74) is 0.640. The number of rotatable bonds is 2. The van der Waals surface area contributed by atoms with Gasteiger partial charge in [-0.15, -0.1) is 10.2 Å². The van der Waals surface area contributed by atoms with Crippen molar-refractivity contribution in [2.45, 2.75) is 0 Å². The van der Waals surface area contributed by atoms with E-state index in [1.165, 1.54) is 11.3 Å². The molecule has 0 aliphatic heterocycles. The van der Waals surface area contributed by atoms with E-state index in [1.54, 1.807) is 12.1 Å². The van der Waals surface area contributed by atoms with Gasteiger partial charge in [0.15, 0.2) is 3.92 Å². The second kappa shape index (κ2) is 4.46. The Morgan fingerprint density at radius 1 is 1.33 bits per heavy atom. The van der Waals surface area contributed by atoms with Crippen molar-refractivity contribution < 1.29 is 9.32 Å². The molecule has 3 rings (SSSR count). The van der Waals surface area contributed by atoms with Crippen LogP contribution in [0.5, 0.6) is 0 Å². The van der Waals surface area contributed by atoms with Gasteiger partial charge in [0.25, 0.3) is 5.91 Å². The summed E-state index contributed by atoms with van der Waals surface area (Å²) < 4.78 is 5.64. The largest absolute Gasteiger partial charge is 0.350 e. The summed E-state index contributed by atoms with van der Waals surface area (Å²) in [6.45, 7) is 0. The number of anilines is 1. The highest BCUT2D eigenvalue weighted by molar-refractivity contribution is 9.11. The number of nitrogens with zero attached hydrogens (tertiary/aromatic N) is 3. The molecule has 3 aromatic rings. The summed E-state index contributed by atoms with van der Waals surface area (Å²) in [6.07, 6.45) is 0. The Bertz CT molecular complexity index is 723. The van der Waals surface area contributed by atoms with Gasteiger partial charge in [-0.25, -0.2) is 0 Å². The lowest BCUT2D eigenvalue weighted by Gasteiger charge is -1.96. The number of aromatic nitrogens is 3. The second-order valence-electron chi connectivity index (χ2n) is 3.34.